The molecule has 3 aromatic rings. The number of amides is 2. The molecule has 0 bridgehead atoms. The molecule has 3 aromatic carbocycles. The second-order valence-corrected chi connectivity index (χ2v) is 7.32. The zero-order valence-electron chi connectivity index (χ0n) is 16.8. The first-order valence-corrected chi connectivity index (χ1v) is 10.1. The van der Waals surface area contributed by atoms with Crippen molar-refractivity contribution in [2.75, 3.05) is 11.9 Å². The van der Waals surface area contributed by atoms with Crippen LogP contribution in [0.3, 0.4) is 0 Å². The van der Waals surface area contributed by atoms with E-state index < -0.39 is 16.7 Å². The third-order valence-electron chi connectivity index (χ3n) is 4.18. The van der Waals surface area contributed by atoms with Gasteiger partial charge in [0.1, 0.15) is 5.75 Å². The molecule has 0 spiro atoms. The van der Waals surface area contributed by atoms with Crippen molar-refractivity contribution in [1.29, 1.82) is 0 Å². The Morgan fingerprint density at radius 3 is 2.42 bits per heavy atom. The van der Waals surface area contributed by atoms with Gasteiger partial charge < -0.3 is 10.1 Å². The number of hydrazone groups is 1. The van der Waals surface area contributed by atoms with Crippen LogP contribution in [0.25, 0.3) is 0 Å². The van der Waals surface area contributed by atoms with E-state index in [0.29, 0.717) is 16.3 Å². The van der Waals surface area contributed by atoms with Gasteiger partial charge in [0.2, 0.25) is 0 Å². The molecule has 0 aliphatic heterocycles. The van der Waals surface area contributed by atoms with Crippen LogP contribution in [-0.2, 0) is 4.79 Å². The number of nitrogens with zero attached hydrogens (tertiary/aromatic N) is 2. The maximum Gasteiger partial charge on any atom is 0.271 e. The van der Waals surface area contributed by atoms with Gasteiger partial charge in [-0.2, -0.15) is 5.10 Å². The van der Waals surface area contributed by atoms with Crippen molar-refractivity contribution in [3.63, 3.8) is 0 Å². The minimum Gasteiger partial charge on any atom is -0.482 e. The first-order valence-electron chi connectivity index (χ1n) is 9.38. The summed E-state index contributed by atoms with van der Waals surface area (Å²) in [6.07, 6.45) is 1.36. The number of anilines is 1. The fourth-order valence-electron chi connectivity index (χ4n) is 2.57. The third-order valence-corrected chi connectivity index (χ3v) is 4.81. The Morgan fingerprint density at radius 1 is 1.03 bits per heavy atom. The molecule has 0 saturated carbocycles. The number of hydrogen-bond acceptors (Lipinski definition) is 6. The van der Waals surface area contributed by atoms with Crippen molar-refractivity contribution in [2.45, 2.75) is 0 Å². The first kappa shape index (κ1) is 23.7. The van der Waals surface area contributed by atoms with Gasteiger partial charge in [0.15, 0.2) is 6.61 Å². The van der Waals surface area contributed by atoms with Crippen LogP contribution < -0.4 is 15.5 Å². The molecule has 2 N–H and O–H groups in total. The van der Waals surface area contributed by atoms with Crippen LogP contribution in [-0.4, -0.2) is 29.6 Å². The highest BCUT2D eigenvalue weighted by atomic mass is 35.5. The molecule has 0 radical (unpaired) electrons. The van der Waals surface area contributed by atoms with Crippen molar-refractivity contribution in [1.82, 2.24) is 5.43 Å². The SMILES string of the molecule is O=C(COc1ccc(/C=N/NC(=O)c2ccc([N+](=O)[O-])cc2)cc1Cl)Nc1ccccc1Cl. The molecule has 3 rings (SSSR count). The number of benzene rings is 3. The Labute approximate surface area is 198 Å². The van der Waals surface area contributed by atoms with Gasteiger partial charge in [-0.25, -0.2) is 5.43 Å². The fourth-order valence-corrected chi connectivity index (χ4v) is 3.00. The van der Waals surface area contributed by atoms with Crippen molar-refractivity contribution in [2.24, 2.45) is 5.10 Å². The lowest BCUT2D eigenvalue weighted by Gasteiger charge is -2.10. The second kappa shape index (κ2) is 11.1. The Balaban J connectivity index is 1.52. The van der Waals surface area contributed by atoms with E-state index in [2.05, 4.69) is 15.8 Å². The molecular formula is C22H16Cl2N4O5. The van der Waals surface area contributed by atoms with Gasteiger partial charge in [-0.1, -0.05) is 35.3 Å². The number of ether oxygens (including phenoxy) is 1. The summed E-state index contributed by atoms with van der Waals surface area (Å²) in [6, 6.07) is 16.7. The normalized spacial score (nSPS) is 10.6. The van der Waals surface area contributed by atoms with E-state index in [-0.39, 0.29) is 28.6 Å². The monoisotopic (exact) mass is 486 g/mol. The fraction of sp³-hybridized carbons (Fsp3) is 0.0455. The molecule has 0 saturated heterocycles. The number of hydrogen-bond donors (Lipinski definition) is 2. The Hall–Kier alpha value is -3.95. The number of non-ortho nitro benzene ring substituents is 1. The summed E-state index contributed by atoms with van der Waals surface area (Å²) < 4.78 is 5.44. The number of rotatable bonds is 8. The van der Waals surface area contributed by atoms with Gasteiger partial charge in [-0.3, -0.25) is 19.7 Å². The number of carbonyl (C=O) groups is 2. The van der Waals surface area contributed by atoms with E-state index in [4.69, 9.17) is 27.9 Å². The molecule has 0 fully saturated rings. The topological polar surface area (TPSA) is 123 Å². The van der Waals surface area contributed by atoms with Crippen LogP contribution in [0.5, 0.6) is 5.75 Å². The maximum absolute atomic E-state index is 12.1. The standard InChI is InChI=1S/C22H16Cl2N4O5/c23-17-3-1-2-4-19(17)26-21(29)13-33-20-10-5-14(11-18(20)24)12-25-27-22(30)15-6-8-16(9-7-15)28(31)32/h1-12H,13H2,(H,26,29)(H,27,30)/b25-12+. The lowest BCUT2D eigenvalue weighted by molar-refractivity contribution is -0.384. The van der Waals surface area contributed by atoms with Crippen LogP contribution in [0.2, 0.25) is 10.0 Å². The molecule has 0 aliphatic carbocycles. The third kappa shape index (κ3) is 6.76. The van der Waals surface area contributed by atoms with Crippen molar-refractivity contribution in [3.05, 3.63) is 98.0 Å². The number of para-hydroxylation sites is 1. The van der Waals surface area contributed by atoms with Crippen LogP contribution in [0, 0.1) is 10.1 Å². The molecule has 2 amide bonds. The molecule has 33 heavy (non-hydrogen) atoms. The molecule has 168 valence electrons. The maximum atomic E-state index is 12.1. The summed E-state index contributed by atoms with van der Waals surface area (Å²) >= 11 is 12.2. The highest BCUT2D eigenvalue weighted by molar-refractivity contribution is 6.33. The molecule has 0 atom stereocenters. The van der Waals surface area contributed by atoms with Crippen molar-refractivity contribution in [3.8, 4) is 5.75 Å². The molecule has 0 unspecified atom stereocenters. The van der Waals surface area contributed by atoms with E-state index in [1.807, 2.05) is 0 Å². The highest BCUT2D eigenvalue weighted by Gasteiger charge is 2.10. The van der Waals surface area contributed by atoms with Crippen LogP contribution >= 0.6 is 23.2 Å². The molecule has 9 nitrogen and oxygen atoms in total. The zero-order chi connectivity index (χ0) is 23.8. The number of nitro groups is 1. The average molecular weight is 487 g/mol. The predicted molar refractivity (Wildman–Crippen MR) is 125 cm³/mol. The summed E-state index contributed by atoms with van der Waals surface area (Å²) in [4.78, 5) is 34.2. The molecule has 0 heterocycles. The lowest BCUT2D eigenvalue weighted by atomic mass is 10.2. The molecule has 0 aromatic heterocycles. The lowest BCUT2D eigenvalue weighted by Crippen LogP contribution is -2.20. The number of nitro benzene ring substituents is 1. The van der Waals surface area contributed by atoms with Crippen LogP contribution in [0.15, 0.2) is 71.8 Å². The molecular weight excluding hydrogens is 471 g/mol. The predicted octanol–water partition coefficient (Wildman–Crippen LogP) is 4.68. The Bertz CT molecular complexity index is 1220. The van der Waals surface area contributed by atoms with Gasteiger partial charge in [0, 0.05) is 17.7 Å². The quantitative estimate of drug-likeness (QED) is 0.271. The zero-order valence-corrected chi connectivity index (χ0v) is 18.3. The van der Waals surface area contributed by atoms with Crippen molar-refractivity contribution >= 4 is 52.6 Å². The molecule has 11 heteroatoms. The van der Waals surface area contributed by atoms with Gasteiger partial charge in [0.25, 0.3) is 17.5 Å². The number of carbonyl (C=O) groups excluding carboxylic acids is 2. The summed E-state index contributed by atoms with van der Waals surface area (Å²) in [5, 5.41) is 17.8. The Kier molecular flexibility index (Phi) is 7.96. The minimum absolute atomic E-state index is 0.117. The average Bonchev–Trinajstić information content (AvgIpc) is 2.80. The summed E-state index contributed by atoms with van der Waals surface area (Å²) in [5.41, 5.74) is 3.46. The summed E-state index contributed by atoms with van der Waals surface area (Å²) in [6.45, 7) is -0.274. The summed E-state index contributed by atoms with van der Waals surface area (Å²) in [5.74, 6) is -0.645. The first-order chi connectivity index (χ1) is 15.8. The van der Waals surface area contributed by atoms with Gasteiger partial charge in [-0.05, 0) is 48.0 Å². The van der Waals surface area contributed by atoms with Gasteiger partial charge >= 0.3 is 0 Å². The van der Waals surface area contributed by atoms with E-state index in [9.17, 15) is 19.7 Å². The van der Waals surface area contributed by atoms with E-state index in [1.54, 1.807) is 42.5 Å². The number of nitrogens with one attached hydrogen (secondary N) is 2. The van der Waals surface area contributed by atoms with E-state index >= 15 is 0 Å². The summed E-state index contributed by atoms with van der Waals surface area (Å²) in [7, 11) is 0. The number of halogens is 2. The Morgan fingerprint density at radius 2 is 1.76 bits per heavy atom. The largest absolute Gasteiger partial charge is 0.482 e. The van der Waals surface area contributed by atoms with Gasteiger partial charge in [-0.15, -0.1) is 0 Å². The van der Waals surface area contributed by atoms with E-state index in [1.165, 1.54) is 30.5 Å². The molecule has 0 aliphatic rings. The minimum atomic E-state index is -0.553. The highest BCUT2D eigenvalue weighted by Crippen LogP contribution is 2.25. The van der Waals surface area contributed by atoms with Crippen LogP contribution in [0.4, 0.5) is 11.4 Å². The smallest absolute Gasteiger partial charge is 0.271 e. The van der Waals surface area contributed by atoms with Gasteiger partial charge in [0.05, 0.1) is 26.9 Å². The van der Waals surface area contributed by atoms with E-state index in [0.717, 1.165) is 0 Å². The van der Waals surface area contributed by atoms with Crippen LogP contribution in [0.1, 0.15) is 15.9 Å². The second-order valence-electron chi connectivity index (χ2n) is 6.51. The van der Waals surface area contributed by atoms with Crippen molar-refractivity contribution < 1.29 is 19.2 Å².